The molecule has 1 unspecified atom stereocenters. The van der Waals surface area contributed by atoms with Crippen LogP contribution in [-0.2, 0) is 0 Å². The number of hydrogen-bond acceptors (Lipinski definition) is 2. The first-order valence-electron chi connectivity index (χ1n) is 5.52. The Morgan fingerprint density at radius 2 is 1.73 bits per heavy atom. The fourth-order valence-electron chi connectivity index (χ4n) is 2.25. The smallest absolute Gasteiger partial charge is 0.0626 e. The zero-order chi connectivity index (χ0) is 11.4. The molecule has 84 valence electrons. The molecule has 0 bridgehead atoms. The molecule has 2 N–H and O–H groups in total. The summed E-state index contributed by atoms with van der Waals surface area (Å²) < 4.78 is 0. The van der Waals surface area contributed by atoms with Crippen LogP contribution in [0.15, 0.2) is 12.1 Å². The van der Waals surface area contributed by atoms with Gasteiger partial charge in [-0.2, -0.15) is 0 Å². The van der Waals surface area contributed by atoms with Gasteiger partial charge in [-0.3, -0.25) is 0 Å². The average Bonchev–Trinajstić information content (AvgIpc) is 2.14. The van der Waals surface area contributed by atoms with Crippen LogP contribution < -0.4 is 5.32 Å². The number of aryl methyl sites for hydroxylation is 3. The Morgan fingerprint density at radius 3 is 2.13 bits per heavy atom. The molecule has 0 amide bonds. The number of likely N-dealkylation sites (N-methyl/N-ethyl adjacent to an activating group) is 1. The molecule has 0 aliphatic carbocycles. The van der Waals surface area contributed by atoms with Gasteiger partial charge in [0.2, 0.25) is 0 Å². The topological polar surface area (TPSA) is 32.3 Å². The summed E-state index contributed by atoms with van der Waals surface area (Å²) in [5, 5.41) is 12.7. The van der Waals surface area contributed by atoms with Crippen LogP contribution in [0.4, 0.5) is 0 Å². The highest BCUT2D eigenvalue weighted by Crippen LogP contribution is 2.23. The van der Waals surface area contributed by atoms with E-state index in [0.717, 1.165) is 6.54 Å². The second-order valence-corrected chi connectivity index (χ2v) is 4.11. The van der Waals surface area contributed by atoms with E-state index < -0.39 is 0 Å². The first kappa shape index (κ1) is 12.2. The fourth-order valence-corrected chi connectivity index (χ4v) is 2.25. The van der Waals surface area contributed by atoms with Crippen molar-refractivity contribution in [3.05, 3.63) is 34.4 Å². The molecule has 0 aliphatic rings. The van der Waals surface area contributed by atoms with Crippen LogP contribution in [0.2, 0.25) is 0 Å². The molecule has 0 fully saturated rings. The van der Waals surface area contributed by atoms with Crippen LogP contribution >= 0.6 is 0 Å². The van der Waals surface area contributed by atoms with Crippen molar-refractivity contribution in [1.82, 2.24) is 5.32 Å². The van der Waals surface area contributed by atoms with Crippen molar-refractivity contribution >= 4 is 0 Å². The summed E-state index contributed by atoms with van der Waals surface area (Å²) in [6, 6.07) is 4.40. The quantitative estimate of drug-likeness (QED) is 0.793. The Hall–Kier alpha value is -0.860. The number of aliphatic hydroxyl groups is 1. The maximum absolute atomic E-state index is 9.37. The van der Waals surface area contributed by atoms with E-state index in [4.69, 9.17) is 0 Å². The maximum atomic E-state index is 9.37. The summed E-state index contributed by atoms with van der Waals surface area (Å²) in [6.07, 6.45) is 0. The van der Waals surface area contributed by atoms with Gasteiger partial charge >= 0.3 is 0 Å². The first-order valence-corrected chi connectivity index (χ1v) is 5.52. The number of rotatable bonds is 4. The monoisotopic (exact) mass is 207 g/mol. The van der Waals surface area contributed by atoms with E-state index in [1.807, 2.05) is 0 Å². The van der Waals surface area contributed by atoms with E-state index in [9.17, 15) is 5.11 Å². The summed E-state index contributed by atoms with van der Waals surface area (Å²) in [4.78, 5) is 0. The van der Waals surface area contributed by atoms with Crippen molar-refractivity contribution in [2.75, 3.05) is 13.2 Å². The van der Waals surface area contributed by atoms with Crippen molar-refractivity contribution in [2.45, 2.75) is 33.7 Å². The Kier molecular flexibility index (Phi) is 4.30. The molecule has 0 aromatic heterocycles. The van der Waals surface area contributed by atoms with Gasteiger partial charge in [0.05, 0.1) is 12.6 Å². The van der Waals surface area contributed by atoms with Crippen molar-refractivity contribution < 1.29 is 5.11 Å². The van der Waals surface area contributed by atoms with E-state index in [0.29, 0.717) is 0 Å². The summed E-state index contributed by atoms with van der Waals surface area (Å²) in [5.41, 5.74) is 5.03. The van der Waals surface area contributed by atoms with Gasteiger partial charge in [-0.05, 0) is 44.0 Å². The molecule has 0 saturated heterocycles. The third kappa shape index (κ3) is 2.80. The number of aliphatic hydroxyl groups excluding tert-OH is 1. The summed E-state index contributed by atoms with van der Waals surface area (Å²) >= 11 is 0. The molecule has 15 heavy (non-hydrogen) atoms. The molecule has 1 aromatic carbocycles. The molecule has 0 radical (unpaired) electrons. The van der Waals surface area contributed by atoms with Gasteiger partial charge in [0.1, 0.15) is 0 Å². The van der Waals surface area contributed by atoms with E-state index in [2.05, 4.69) is 45.1 Å². The molecular formula is C13H21NO. The molecule has 0 spiro atoms. The standard InChI is InChI=1S/C13H21NO/c1-5-14-12(8-15)13-10(3)6-9(2)7-11(13)4/h6-7,12,14-15H,5,8H2,1-4H3. The van der Waals surface area contributed by atoms with Gasteiger partial charge in [0.15, 0.2) is 0 Å². The third-order valence-electron chi connectivity index (χ3n) is 2.72. The normalized spacial score (nSPS) is 12.9. The van der Waals surface area contributed by atoms with Crippen molar-refractivity contribution in [2.24, 2.45) is 0 Å². The fraction of sp³-hybridized carbons (Fsp3) is 0.538. The highest BCUT2D eigenvalue weighted by Gasteiger charge is 2.14. The van der Waals surface area contributed by atoms with Crippen LogP contribution in [0.5, 0.6) is 0 Å². The van der Waals surface area contributed by atoms with Crippen LogP contribution in [0.25, 0.3) is 0 Å². The largest absolute Gasteiger partial charge is 0.394 e. The van der Waals surface area contributed by atoms with Gasteiger partial charge in [-0.25, -0.2) is 0 Å². The first-order chi connectivity index (χ1) is 7.10. The maximum Gasteiger partial charge on any atom is 0.0626 e. The predicted molar refractivity (Wildman–Crippen MR) is 64.2 cm³/mol. The molecule has 2 heteroatoms. The Labute approximate surface area is 92.3 Å². The Balaban J connectivity index is 3.11. The summed E-state index contributed by atoms with van der Waals surface area (Å²) in [6.45, 7) is 9.40. The van der Waals surface area contributed by atoms with Crippen molar-refractivity contribution in [3.63, 3.8) is 0 Å². The predicted octanol–water partition coefficient (Wildman–Crippen LogP) is 2.25. The minimum Gasteiger partial charge on any atom is -0.394 e. The zero-order valence-corrected chi connectivity index (χ0v) is 10.1. The van der Waals surface area contributed by atoms with Crippen molar-refractivity contribution in [1.29, 1.82) is 0 Å². The molecule has 0 saturated carbocycles. The minimum atomic E-state index is 0.0654. The lowest BCUT2D eigenvalue weighted by Gasteiger charge is -2.21. The van der Waals surface area contributed by atoms with Crippen LogP contribution in [0.3, 0.4) is 0 Å². The lowest BCUT2D eigenvalue weighted by molar-refractivity contribution is 0.245. The van der Waals surface area contributed by atoms with Crippen LogP contribution in [0, 0.1) is 20.8 Å². The minimum absolute atomic E-state index is 0.0654. The molecule has 1 aromatic rings. The number of nitrogens with one attached hydrogen (secondary N) is 1. The second-order valence-electron chi connectivity index (χ2n) is 4.11. The SMILES string of the molecule is CCNC(CO)c1c(C)cc(C)cc1C. The van der Waals surface area contributed by atoms with Gasteiger partial charge in [-0.15, -0.1) is 0 Å². The van der Waals surface area contributed by atoms with Crippen LogP contribution in [0.1, 0.15) is 35.2 Å². The lowest BCUT2D eigenvalue weighted by Crippen LogP contribution is -2.25. The highest BCUT2D eigenvalue weighted by molar-refractivity contribution is 5.39. The molecule has 0 heterocycles. The van der Waals surface area contributed by atoms with Gasteiger partial charge in [-0.1, -0.05) is 24.6 Å². The molecule has 1 atom stereocenters. The summed E-state index contributed by atoms with van der Waals surface area (Å²) in [7, 11) is 0. The van der Waals surface area contributed by atoms with E-state index in [1.165, 1.54) is 22.3 Å². The van der Waals surface area contributed by atoms with Gasteiger partial charge < -0.3 is 10.4 Å². The number of hydrogen-bond donors (Lipinski definition) is 2. The molecule has 2 nitrogen and oxygen atoms in total. The number of benzene rings is 1. The molecule has 0 aliphatic heterocycles. The van der Waals surface area contributed by atoms with Crippen LogP contribution in [-0.4, -0.2) is 18.3 Å². The molecular weight excluding hydrogens is 186 g/mol. The van der Waals surface area contributed by atoms with Gasteiger partial charge in [0.25, 0.3) is 0 Å². The average molecular weight is 207 g/mol. The van der Waals surface area contributed by atoms with Gasteiger partial charge in [0, 0.05) is 0 Å². The Morgan fingerprint density at radius 1 is 1.20 bits per heavy atom. The third-order valence-corrected chi connectivity index (χ3v) is 2.72. The van der Waals surface area contributed by atoms with E-state index in [-0.39, 0.29) is 12.6 Å². The lowest BCUT2D eigenvalue weighted by atomic mass is 9.94. The second kappa shape index (κ2) is 5.29. The van der Waals surface area contributed by atoms with E-state index >= 15 is 0 Å². The van der Waals surface area contributed by atoms with E-state index in [1.54, 1.807) is 0 Å². The highest BCUT2D eigenvalue weighted by atomic mass is 16.3. The Bertz CT molecular complexity index is 310. The molecule has 1 rings (SSSR count). The van der Waals surface area contributed by atoms with Crippen molar-refractivity contribution in [3.8, 4) is 0 Å². The summed E-state index contributed by atoms with van der Waals surface area (Å²) in [5.74, 6) is 0. The zero-order valence-electron chi connectivity index (χ0n) is 10.1.